The molecule has 0 bridgehead atoms. The SMILES string of the molecule is Cc1ccc(NC(=O)CN2NC(O)C(Cl)C(Cl)C2=O)cc1S(=O)(=O)N1CCCN(C)CC1. The predicted molar refractivity (Wildman–Crippen MR) is 121 cm³/mol. The van der Waals surface area contributed by atoms with E-state index in [1.54, 1.807) is 19.1 Å². The molecule has 3 rings (SSSR count). The fraction of sp³-hybridized carbons (Fsp3) is 0.579. The smallest absolute Gasteiger partial charge is 0.256 e. The summed E-state index contributed by atoms with van der Waals surface area (Å²) in [4.78, 5) is 26.9. The van der Waals surface area contributed by atoms with Crippen LogP contribution < -0.4 is 10.7 Å². The van der Waals surface area contributed by atoms with Gasteiger partial charge in [0.2, 0.25) is 15.9 Å². The fourth-order valence-corrected chi connectivity index (χ4v) is 5.71. The van der Waals surface area contributed by atoms with Gasteiger partial charge in [-0.15, -0.1) is 23.2 Å². The molecule has 3 atom stereocenters. The maximum Gasteiger partial charge on any atom is 0.256 e. The molecular formula is C19H27Cl2N5O5S. The molecule has 0 saturated carbocycles. The van der Waals surface area contributed by atoms with Gasteiger partial charge in [0.1, 0.15) is 18.1 Å². The second-order valence-electron chi connectivity index (χ2n) is 7.93. The number of carbonyl (C=O) groups is 2. The summed E-state index contributed by atoms with van der Waals surface area (Å²) in [6, 6.07) is 4.62. The van der Waals surface area contributed by atoms with Gasteiger partial charge in [0.05, 0.1) is 10.3 Å². The number of sulfonamides is 1. The molecule has 2 saturated heterocycles. The Bertz CT molecular complexity index is 979. The third-order valence-electron chi connectivity index (χ3n) is 5.44. The number of rotatable bonds is 5. The van der Waals surface area contributed by atoms with Crippen molar-refractivity contribution in [3.8, 4) is 0 Å². The van der Waals surface area contributed by atoms with E-state index in [1.807, 2.05) is 7.05 Å². The number of hydrogen-bond acceptors (Lipinski definition) is 7. The standard InChI is InChI=1S/C19H27Cl2N5O5S/c1-12-4-5-13(10-14(12)32(30,31)25-7-3-6-24(2)8-9-25)22-15(27)11-26-19(29)17(21)16(20)18(28)23-26/h4-5,10,16-18,23,28H,3,6-9,11H2,1-2H3,(H,22,27). The van der Waals surface area contributed by atoms with Crippen molar-refractivity contribution in [3.05, 3.63) is 23.8 Å². The Morgan fingerprint density at radius 1 is 1.25 bits per heavy atom. The molecule has 2 amide bonds. The van der Waals surface area contributed by atoms with Crippen LogP contribution in [0.2, 0.25) is 0 Å². The molecular weight excluding hydrogens is 481 g/mol. The first-order chi connectivity index (χ1) is 15.0. The van der Waals surface area contributed by atoms with Crippen LogP contribution in [-0.4, -0.2) is 96.3 Å². The zero-order chi connectivity index (χ0) is 23.6. The minimum Gasteiger partial charge on any atom is -0.375 e. The number of halogens is 2. The van der Waals surface area contributed by atoms with Crippen molar-refractivity contribution in [1.82, 2.24) is 19.6 Å². The molecule has 32 heavy (non-hydrogen) atoms. The maximum absolute atomic E-state index is 13.2. The number of hydrazine groups is 1. The molecule has 1 aromatic carbocycles. The number of aliphatic hydroxyl groups excluding tert-OH is 1. The normalized spacial score (nSPS) is 26.1. The molecule has 1 aromatic rings. The van der Waals surface area contributed by atoms with E-state index in [1.165, 1.54) is 10.4 Å². The number of aryl methyl sites for hydroxylation is 1. The number of anilines is 1. The van der Waals surface area contributed by atoms with Gasteiger partial charge in [0.15, 0.2) is 0 Å². The Morgan fingerprint density at radius 2 is 1.97 bits per heavy atom. The van der Waals surface area contributed by atoms with E-state index >= 15 is 0 Å². The van der Waals surface area contributed by atoms with Gasteiger partial charge in [-0.25, -0.2) is 13.8 Å². The van der Waals surface area contributed by atoms with Gasteiger partial charge < -0.3 is 15.3 Å². The van der Waals surface area contributed by atoms with Crippen molar-refractivity contribution >= 4 is 50.7 Å². The first-order valence-corrected chi connectivity index (χ1v) is 12.4. The van der Waals surface area contributed by atoms with E-state index < -0.39 is 45.4 Å². The lowest BCUT2D eigenvalue weighted by atomic mass is 10.2. The number of aliphatic hydroxyl groups is 1. The van der Waals surface area contributed by atoms with Crippen LogP contribution in [0.25, 0.3) is 0 Å². The van der Waals surface area contributed by atoms with E-state index in [-0.39, 0.29) is 10.6 Å². The highest BCUT2D eigenvalue weighted by Gasteiger charge is 2.40. The lowest BCUT2D eigenvalue weighted by Gasteiger charge is -2.36. The number of carbonyl (C=O) groups excluding carboxylic acids is 2. The molecule has 0 spiro atoms. The summed E-state index contributed by atoms with van der Waals surface area (Å²) in [7, 11) is -1.78. The van der Waals surface area contributed by atoms with E-state index in [0.717, 1.165) is 18.0 Å². The molecule has 3 unspecified atom stereocenters. The largest absolute Gasteiger partial charge is 0.375 e. The Morgan fingerprint density at radius 3 is 2.69 bits per heavy atom. The number of benzene rings is 1. The first kappa shape index (κ1) is 25.2. The van der Waals surface area contributed by atoms with Crippen LogP contribution in [0.15, 0.2) is 23.1 Å². The van der Waals surface area contributed by atoms with Gasteiger partial charge in [-0.1, -0.05) is 6.07 Å². The lowest BCUT2D eigenvalue weighted by Crippen LogP contribution is -2.63. The highest BCUT2D eigenvalue weighted by molar-refractivity contribution is 7.89. The summed E-state index contributed by atoms with van der Waals surface area (Å²) in [6.45, 7) is 3.53. The molecule has 0 radical (unpaired) electrons. The number of nitrogens with one attached hydrogen (secondary N) is 2. The first-order valence-electron chi connectivity index (χ1n) is 10.1. The molecule has 0 aliphatic carbocycles. The van der Waals surface area contributed by atoms with Crippen LogP contribution in [0.5, 0.6) is 0 Å². The third-order valence-corrected chi connectivity index (χ3v) is 8.56. The molecule has 10 nitrogen and oxygen atoms in total. The Hall–Kier alpha value is -1.47. The fourth-order valence-electron chi connectivity index (χ4n) is 3.57. The summed E-state index contributed by atoms with van der Waals surface area (Å²) in [5.41, 5.74) is 3.25. The van der Waals surface area contributed by atoms with Gasteiger partial charge in [0.25, 0.3) is 5.91 Å². The summed E-state index contributed by atoms with van der Waals surface area (Å²) in [5.74, 6) is -1.25. The van der Waals surface area contributed by atoms with Crippen LogP contribution in [0.1, 0.15) is 12.0 Å². The Kier molecular flexibility index (Phi) is 8.02. The third kappa shape index (κ3) is 5.53. The molecule has 0 aromatic heterocycles. The number of likely N-dealkylation sites (N-methyl/N-ethyl adjacent to an activating group) is 1. The number of nitrogens with zero attached hydrogens (tertiary/aromatic N) is 3. The van der Waals surface area contributed by atoms with Crippen molar-refractivity contribution in [2.24, 2.45) is 0 Å². The van der Waals surface area contributed by atoms with Gasteiger partial charge in [-0.05, 0) is 44.6 Å². The van der Waals surface area contributed by atoms with Crippen LogP contribution >= 0.6 is 23.2 Å². The van der Waals surface area contributed by atoms with Crippen molar-refractivity contribution in [2.45, 2.75) is 35.2 Å². The molecule has 2 heterocycles. The molecule has 2 fully saturated rings. The molecule has 2 aliphatic rings. The van der Waals surface area contributed by atoms with Crippen LogP contribution in [0, 0.1) is 6.92 Å². The minimum atomic E-state index is -3.74. The quantitative estimate of drug-likeness (QED) is 0.484. The van der Waals surface area contributed by atoms with Crippen molar-refractivity contribution in [1.29, 1.82) is 0 Å². The van der Waals surface area contributed by atoms with Gasteiger partial charge in [0, 0.05) is 25.3 Å². The van der Waals surface area contributed by atoms with E-state index in [9.17, 15) is 23.1 Å². The van der Waals surface area contributed by atoms with E-state index in [0.29, 0.717) is 25.2 Å². The zero-order valence-electron chi connectivity index (χ0n) is 17.8. The maximum atomic E-state index is 13.2. The Balaban J connectivity index is 1.73. The molecule has 2 aliphatic heterocycles. The van der Waals surface area contributed by atoms with Crippen molar-refractivity contribution in [2.75, 3.05) is 45.1 Å². The van der Waals surface area contributed by atoms with Crippen molar-refractivity contribution in [3.63, 3.8) is 0 Å². The average molecular weight is 508 g/mol. The summed E-state index contributed by atoms with van der Waals surface area (Å²) >= 11 is 11.7. The monoisotopic (exact) mass is 507 g/mol. The topological polar surface area (TPSA) is 122 Å². The number of hydrogen-bond donors (Lipinski definition) is 3. The van der Waals surface area contributed by atoms with Crippen LogP contribution in [0.3, 0.4) is 0 Å². The average Bonchev–Trinajstić information content (AvgIpc) is 2.96. The lowest BCUT2D eigenvalue weighted by molar-refractivity contribution is -0.146. The second kappa shape index (κ2) is 10.2. The summed E-state index contributed by atoms with van der Waals surface area (Å²) in [6.07, 6.45) is -0.563. The summed E-state index contributed by atoms with van der Waals surface area (Å²) in [5, 5.41) is 11.1. The van der Waals surface area contributed by atoms with E-state index in [4.69, 9.17) is 23.2 Å². The minimum absolute atomic E-state index is 0.119. The highest BCUT2D eigenvalue weighted by atomic mass is 35.5. The van der Waals surface area contributed by atoms with Gasteiger partial charge >= 0.3 is 0 Å². The Labute approximate surface area is 197 Å². The second-order valence-corrected chi connectivity index (χ2v) is 10.8. The van der Waals surface area contributed by atoms with Gasteiger partial charge in [-0.2, -0.15) is 4.31 Å². The summed E-state index contributed by atoms with van der Waals surface area (Å²) < 4.78 is 28.0. The van der Waals surface area contributed by atoms with Gasteiger partial charge in [-0.3, -0.25) is 14.6 Å². The molecule has 13 heteroatoms. The zero-order valence-corrected chi connectivity index (χ0v) is 20.1. The molecule has 3 N–H and O–H groups in total. The highest BCUT2D eigenvalue weighted by Crippen LogP contribution is 2.25. The van der Waals surface area contributed by atoms with Crippen LogP contribution in [0.4, 0.5) is 5.69 Å². The van der Waals surface area contributed by atoms with Crippen LogP contribution in [-0.2, 0) is 19.6 Å². The van der Waals surface area contributed by atoms with Crippen molar-refractivity contribution < 1.29 is 23.1 Å². The predicted octanol–water partition coefficient (Wildman–Crippen LogP) is 0.140. The number of alkyl halides is 2. The molecule has 178 valence electrons. The number of amides is 2. The van der Waals surface area contributed by atoms with E-state index in [2.05, 4.69) is 15.6 Å².